The normalized spacial score (nSPS) is 17.0. The van der Waals surface area contributed by atoms with Crippen LogP contribution < -0.4 is 4.90 Å². The fraction of sp³-hybridized carbons (Fsp3) is 0.400. The lowest BCUT2D eigenvalue weighted by Gasteiger charge is -2.20. The lowest BCUT2D eigenvalue weighted by Crippen LogP contribution is -2.21. The van der Waals surface area contributed by atoms with Crippen molar-refractivity contribution < 1.29 is 9.53 Å². The third-order valence-corrected chi connectivity index (χ3v) is 3.23. The first kappa shape index (κ1) is 12.7. The SMILES string of the molecule is CCN(CC)c1ccc(/C=C2\CCOC2=O)cc1. The molecule has 18 heavy (non-hydrogen) atoms. The zero-order valence-corrected chi connectivity index (χ0v) is 11.0. The van der Waals surface area contributed by atoms with Crippen LogP contribution in [0.4, 0.5) is 5.69 Å². The number of carbonyl (C=O) groups excluding carboxylic acids is 1. The van der Waals surface area contributed by atoms with Crippen molar-refractivity contribution >= 4 is 17.7 Å². The van der Waals surface area contributed by atoms with Crippen LogP contribution in [0.3, 0.4) is 0 Å². The molecule has 0 amide bonds. The van der Waals surface area contributed by atoms with E-state index >= 15 is 0 Å². The Bertz CT molecular complexity index is 444. The van der Waals surface area contributed by atoms with Crippen molar-refractivity contribution in [2.45, 2.75) is 20.3 Å². The van der Waals surface area contributed by atoms with E-state index in [1.54, 1.807) is 0 Å². The molecule has 2 rings (SSSR count). The summed E-state index contributed by atoms with van der Waals surface area (Å²) in [7, 11) is 0. The Hall–Kier alpha value is -1.77. The van der Waals surface area contributed by atoms with Crippen LogP contribution in [0.15, 0.2) is 29.8 Å². The van der Waals surface area contributed by atoms with Crippen LogP contribution in [0, 0.1) is 0 Å². The van der Waals surface area contributed by atoms with Crippen LogP contribution >= 0.6 is 0 Å². The lowest BCUT2D eigenvalue weighted by molar-refractivity contribution is -0.134. The predicted octanol–water partition coefficient (Wildman–Crippen LogP) is 2.86. The molecule has 1 aromatic carbocycles. The summed E-state index contributed by atoms with van der Waals surface area (Å²) in [6.07, 6.45) is 2.64. The maximum absolute atomic E-state index is 11.3. The fourth-order valence-corrected chi connectivity index (χ4v) is 2.15. The minimum Gasteiger partial charge on any atom is -0.462 e. The second-order valence-corrected chi connectivity index (χ2v) is 4.32. The Morgan fingerprint density at radius 3 is 2.39 bits per heavy atom. The van der Waals surface area contributed by atoms with E-state index in [9.17, 15) is 4.79 Å². The van der Waals surface area contributed by atoms with E-state index < -0.39 is 0 Å². The zero-order chi connectivity index (χ0) is 13.0. The summed E-state index contributed by atoms with van der Waals surface area (Å²) in [6, 6.07) is 8.29. The van der Waals surface area contributed by atoms with E-state index in [4.69, 9.17) is 4.74 Å². The highest BCUT2D eigenvalue weighted by Crippen LogP contribution is 2.20. The molecule has 1 aliphatic rings. The summed E-state index contributed by atoms with van der Waals surface area (Å²) < 4.78 is 4.92. The summed E-state index contributed by atoms with van der Waals surface area (Å²) in [4.78, 5) is 13.6. The first-order valence-electron chi connectivity index (χ1n) is 6.47. The van der Waals surface area contributed by atoms with E-state index in [-0.39, 0.29) is 5.97 Å². The van der Waals surface area contributed by atoms with Crippen molar-refractivity contribution in [2.24, 2.45) is 0 Å². The number of nitrogens with zero attached hydrogens (tertiary/aromatic N) is 1. The second kappa shape index (κ2) is 5.71. The van der Waals surface area contributed by atoms with Crippen LogP contribution in [0.5, 0.6) is 0 Å². The minimum atomic E-state index is -0.178. The summed E-state index contributed by atoms with van der Waals surface area (Å²) >= 11 is 0. The van der Waals surface area contributed by atoms with E-state index in [1.807, 2.05) is 18.2 Å². The highest BCUT2D eigenvalue weighted by atomic mass is 16.5. The van der Waals surface area contributed by atoms with Gasteiger partial charge in [0.1, 0.15) is 0 Å². The number of hydrogen-bond donors (Lipinski definition) is 0. The maximum atomic E-state index is 11.3. The summed E-state index contributed by atoms with van der Waals surface area (Å²) in [5.74, 6) is -0.178. The molecule has 96 valence electrons. The first-order valence-corrected chi connectivity index (χ1v) is 6.47. The van der Waals surface area contributed by atoms with Gasteiger partial charge in [0.2, 0.25) is 0 Å². The molecular formula is C15H19NO2. The molecule has 0 radical (unpaired) electrons. The van der Waals surface area contributed by atoms with Crippen molar-refractivity contribution in [3.63, 3.8) is 0 Å². The molecule has 0 atom stereocenters. The predicted molar refractivity (Wildman–Crippen MR) is 73.6 cm³/mol. The number of carbonyl (C=O) groups is 1. The third-order valence-electron chi connectivity index (χ3n) is 3.23. The van der Waals surface area contributed by atoms with Crippen molar-refractivity contribution in [1.82, 2.24) is 0 Å². The van der Waals surface area contributed by atoms with Gasteiger partial charge in [-0.15, -0.1) is 0 Å². The second-order valence-electron chi connectivity index (χ2n) is 4.32. The highest BCUT2D eigenvalue weighted by molar-refractivity contribution is 5.95. The molecule has 1 saturated heterocycles. The Kier molecular flexibility index (Phi) is 4.03. The van der Waals surface area contributed by atoms with Crippen LogP contribution in [-0.4, -0.2) is 25.7 Å². The maximum Gasteiger partial charge on any atom is 0.334 e. The fourth-order valence-electron chi connectivity index (χ4n) is 2.15. The van der Waals surface area contributed by atoms with Gasteiger partial charge >= 0.3 is 5.97 Å². The standard InChI is InChI=1S/C15H19NO2/c1-3-16(4-2)14-7-5-12(6-8-14)11-13-9-10-18-15(13)17/h5-8,11H,3-4,9-10H2,1-2H3/b13-11+. The first-order chi connectivity index (χ1) is 8.74. The van der Waals surface area contributed by atoms with E-state index in [0.29, 0.717) is 6.61 Å². The lowest BCUT2D eigenvalue weighted by atomic mass is 10.1. The molecule has 3 nitrogen and oxygen atoms in total. The number of ether oxygens (including phenoxy) is 1. The number of anilines is 1. The van der Waals surface area contributed by atoms with Gasteiger partial charge in [-0.3, -0.25) is 0 Å². The summed E-state index contributed by atoms with van der Waals surface area (Å²) in [6.45, 7) is 6.82. The van der Waals surface area contributed by atoms with E-state index in [0.717, 1.165) is 30.6 Å². The molecule has 1 fully saturated rings. The monoisotopic (exact) mass is 245 g/mol. The van der Waals surface area contributed by atoms with Gasteiger partial charge in [-0.1, -0.05) is 12.1 Å². The molecule has 1 aromatic rings. The molecule has 0 unspecified atom stereocenters. The molecule has 0 bridgehead atoms. The van der Waals surface area contributed by atoms with Crippen molar-refractivity contribution in [3.05, 3.63) is 35.4 Å². The zero-order valence-electron chi connectivity index (χ0n) is 11.0. The van der Waals surface area contributed by atoms with Gasteiger partial charge in [-0.2, -0.15) is 0 Å². The molecule has 1 heterocycles. The topological polar surface area (TPSA) is 29.5 Å². The van der Waals surface area contributed by atoms with E-state index in [1.165, 1.54) is 5.69 Å². The quantitative estimate of drug-likeness (QED) is 0.603. The van der Waals surface area contributed by atoms with Crippen molar-refractivity contribution in [3.8, 4) is 0 Å². The molecule has 0 aromatic heterocycles. The van der Waals surface area contributed by atoms with Gasteiger partial charge in [0.25, 0.3) is 0 Å². The summed E-state index contributed by atoms with van der Waals surface area (Å²) in [5.41, 5.74) is 3.04. The molecule has 3 heteroatoms. The number of hydrogen-bond acceptors (Lipinski definition) is 3. The average Bonchev–Trinajstić information content (AvgIpc) is 2.79. The van der Waals surface area contributed by atoms with E-state index in [2.05, 4.69) is 30.9 Å². The Morgan fingerprint density at radius 2 is 1.89 bits per heavy atom. The van der Waals surface area contributed by atoms with Crippen molar-refractivity contribution in [1.29, 1.82) is 0 Å². The number of cyclic esters (lactones) is 1. The van der Waals surface area contributed by atoms with Gasteiger partial charge in [-0.25, -0.2) is 4.79 Å². The Morgan fingerprint density at radius 1 is 1.22 bits per heavy atom. The number of esters is 1. The molecule has 1 aliphatic heterocycles. The number of benzene rings is 1. The molecule has 0 aliphatic carbocycles. The van der Waals surface area contributed by atoms with Crippen LogP contribution in [-0.2, 0) is 9.53 Å². The number of rotatable bonds is 4. The largest absolute Gasteiger partial charge is 0.462 e. The van der Waals surface area contributed by atoms with Gasteiger partial charge in [0, 0.05) is 30.8 Å². The molecular weight excluding hydrogens is 226 g/mol. The highest BCUT2D eigenvalue weighted by Gasteiger charge is 2.18. The van der Waals surface area contributed by atoms with Gasteiger partial charge in [-0.05, 0) is 37.6 Å². The van der Waals surface area contributed by atoms with Gasteiger partial charge < -0.3 is 9.64 Å². The molecule has 0 spiro atoms. The average molecular weight is 245 g/mol. The molecule has 0 N–H and O–H groups in total. The van der Waals surface area contributed by atoms with Crippen LogP contribution in [0.25, 0.3) is 6.08 Å². The minimum absolute atomic E-state index is 0.178. The van der Waals surface area contributed by atoms with Crippen molar-refractivity contribution in [2.75, 3.05) is 24.6 Å². The van der Waals surface area contributed by atoms with Gasteiger partial charge in [0.15, 0.2) is 0 Å². The molecule has 0 saturated carbocycles. The third kappa shape index (κ3) is 2.73. The van der Waals surface area contributed by atoms with Crippen LogP contribution in [0.2, 0.25) is 0 Å². The van der Waals surface area contributed by atoms with Crippen LogP contribution in [0.1, 0.15) is 25.8 Å². The Labute approximate surface area is 108 Å². The van der Waals surface area contributed by atoms with Gasteiger partial charge in [0.05, 0.1) is 6.61 Å². The summed E-state index contributed by atoms with van der Waals surface area (Å²) in [5, 5.41) is 0. The smallest absolute Gasteiger partial charge is 0.334 e. The Balaban J connectivity index is 2.15.